The van der Waals surface area contributed by atoms with E-state index in [9.17, 15) is 14.4 Å². The number of amides is 1. The fourth-order valence-electron chi connectivity index (χ4n) is 4.62. The van der Waals surface area contributed by atoms with Crippen molar-refractivity contribution < 1.29 is 9.59 Å². The highest BCUT2D eigenvalue weighted by molar-refractivity contribution is 5.98. The molecule has 0 unspecified atom stereocenters. The molecule has 2 aromatic rings. The second-order valence-corrected chi connectivity index (χ2v) is 8.40. The highest BCUT2D eigenvalue weighted by atomic mass is 16.2. The van der Waals surface area contributed by atoms with Crippen LogP contribution in [-0.4, -0.2) is 27.5 Å². The number of benzene rings is 1. The number of aromatic nitrogens is 2. The predicted molar refractivity (Wildman–Crippen MR) is 109 cm³/mol. The van der Waals surface area contributed by atoms with Crippen molar-refractivity contribution in [1.29, 1.82) is 0 Å². The van der Waals surface area contributed by atoms with Crippen molar-refractivity contribution in [3.8, 4) is 0 Å². The highest BCUT2D eigenvalue weighted by Gasteiger charge is 2.37. The number of rotatable bonds is 5. The topological polar surface area (TPSA) is 113 Å². The molecule has 7 nitrogen and oxygen atoms in total. The van der Waals surface area contributed by atoms with E-state index in [2.05, 4.69) is 20.8 Å². The Bertz CT molecular complexity index is 956. The van der Waals surface area contributed by atoms with Gasteiger partial charge in [0, 0.05) is 24.6 Å². The van der Waals surface area contributed by atoms with Crippen molar-refractivity contribution in [2.45, 2.75) is 46.6 Å². The molecule has 152 valence electrons. The molecular formula is C21H30N4O3. The Morgan fingerprint density at radius 3 is 2.54 bits per heavy atom. The Morgan fingerprint density at radius 2 is 1.93 bits per heavy atom. The molecule has 28 heavy (non-hydrogen) atoms. The molecule has 4 N–H and O–H groups in total. The molecule has 1 aliphatic rings. The molecule has 1 aromatic heterocycles. The summed E-state index contributed by atoms with van der Waals surface area (Å²) in [6, 6.07) is 4.77. The van der Waals surface area contributed by atoms with Gasteiger partial charge in [-0.3, -0.25) is 14.2 Å². The van der Waals surface area contributed by atoms with Gasteiger partial charge in [-0.25, -0.2) is 9.36 Å². The maximum absolute atomic E-state index is 13.6. The zero-order valence-corrected chi connectivity index (χ0v) is 16.9. The van der Waals surface area contributed by atoms with E-state index < -0.39 is 11.6 Å². The van der Waals surface area contributed by atoms with Crippen LogP contribution in [0.4, 0.5) is 0 Å². The Labute approximate surface area is 164 Å². The van der Waals surface area contributed by atoms with Crippen molar-refractivity contribution in [3.63, 3.8) is 0 Å². The Hall–Kier alpha value is -2.41. The van der Waals surface area contributed by atoms with Gasteiger partial charge in [-0.2, -0.15) is 0 Å². The van der Waals surface area contributed by atoms with Crippen LogP contribution in [0.25, 0.3) is 11.0 Å². The van der Waals surface area contributed by atoms with Gasteiger partial charge in [0.15, 0.2) is 0 Å². The maximum atomic E-state index is 13.6. The first kappa shape index (κ1) is 20.3. The zero-order chi connectivity index (χ0) is 20.6. The molecule has 0 spiro atoms. The molecule has 1 aliphatic carbocycles. The van der Waals surface area contributed by atoms with Crippen LogP contribution in [0.15, 0.2) is 23.0 Å². The van der Waals surface area contributed by atoms with E-state index in [-0.39, 0.29) is 30.8 Å². The van der Waals surface area contributed by atoms with Gasteiger partial charge in [0.1, 0.15) is 0 Å². The van der Waals surface area contributed by atoms with Gasteiger partial charge in [0.2, 0.25) is 11.8 Å². The lowest BCUT2D eigenvalue weighted by molar-refractivity contribution is 0.0633. The standard InChI is InChI=1S/C21H30N4O3/c1-12(2)15-6-4-13(3)10-16(15)20(27)25-17-7-5-14(19(23)26)11-18(17)24(9-8-22)21(25)28/h5,7,11-13,15-16H,4,6,8-10,22H2,1-3H3,(H2,23,26)/t13-,15+,16-/m1/s1. The van der Waals surface area contributed by atoms with Crippen molar-refractivity contribution in [3.05, 3.63) is 34.2 Å². The van der Waals surface area contributed by atoms with E-state index in [1.165, 1.54) is 9.13 Å². The van der Waals surface area contributed by atoms with Crippen LogP contribution >= 0.6 is 0 Å². The van der Waals surface area contributed by atoms with Crippen LogP contribution < -0.4 is 17.2 Å². The summed E-state index contributed by atoms with van der Waals surface area (Å²) in [5, 5.41) is 0. The summed E-state index contributed by atoms with van der Waals surface area (Å²) < 4.78 is 2.75. The number of carbonyl (C=O) groups is 2. The lowest BCUT2D eigenvalue weighted by atomic mass is 9.69. The minimum atomic E-state index is -0.575. The minimum absolute atomic E-state index is 0.150. The van der Waals surface area contributed by atoms with Crippen LogP contribution in [0.3, 0.4) is 0 Å². The number of nitrogens with two attached hydrogens (primary N) is 2. The third kappa shape index (κ3) is 3.51. The van der Waals surface area contributed by atoms with Gasteiger partial charge < -0.3 is 11.5 Å². The first-order chi connectivity index (χ1) is 13.3. The molecular weight excluding hydrogens is 356 g/mol. The fourth-order valence-corrected chi connectivity index (χ4v) is 4.62. The van der Waals surface area contributed by atoms with Gasteiger partial charge in [-0.15, -0.1) is 0 Å². The number of hydrogen-bond donors (Lipinski definition) is 2. The number of imidazole rings is 1. The summed E-state index contributed by atoms with van der Waals surface area (Å²) >= 11 is 0. The second kappa shape index (κ2) is 7.91. The van der Waals surface area contributed by atoms with Crippen LogP contribution in [0, 0.1) is 23.7 Å². The van der Waals surface area contributed by atoms with E-state index >= 15 is 0 Å². The van der Waals surface area contributed by atoms with Gasteiger partial charge in [-0.05, 0) is 48.8 Å². The van der Waals surface area contributed by atoms with Gasteiger partial charge in [-0.1, -0.05) is 27.2 Å². The Morgan fingerprint density at radius 1 is 1.21 bits per heavy atom. The average Bonchev–Trinajstić information content (AvgIpc) is 2.92. The molecule has 0 radical (unpaired) electrons. The number of nitrogens with zero attached hydrogens (tertiary/aromatic N) is 2. The normalized spacial score (nSPS) is 22.7. The molecule has 1 heterocycles. The molecule has 1 aromatic carbocycles. The second-order valence-electron chi connectivity index (χ2n) is 8.40. The third-order valence-corrected chi connectivity index (χ3v) is 6.13. The van der Waals surface area contributed by atoms with Gasteiger partial charge >= 0.3 is 5.69 Å². The first-order valence-electron chi connectivity index (χ1n) is 10.1. The summed E-state index contributed by atoms with van der Waals surface area (Å²) in [7, 11) is 0. The Balaban J connectivity index is 2.16. The smallest absolute Gasteiger partial charge is 0.336 e. The van der Waals surface area contributed by atoms with Crippen LogP contribution in [0.5, 0.6) is 0 Å². The summed E-state index contributed by atoms with van der Waals surface area (Å²) in [4.78, 5) is 38.3. The molecule has 0 saturated heterocycles. The largest absolute Gasteiger partial charge is 0.366 e. The molecule has 3 rings (SSSR count). The van der Waals surface area contributed by atoms with E-state index in [1.807, 2.05) is 0 Å². The Kier molecular flexibility index (Phi) is 5.74. The lowest BCUT2D eigenvalue weighted by Gasteiger charge is -2.36. The van der Waals surface area contributed by atoms with Crippen LogP contribution in [-0.2, 0) is 6.54 Å². The molecule has 0 bridgehead atoms. The SMILES string of the molecule is CC(C)[C@@H]1CC[C@@H](C)C[C@H]1C(=O)n1c(=O)n(CCN)c2cc(C(N)=O)ccc21. The summed E-state index contributed by atoms with van der Waals surface area (Å²) in [5.41, 5.74) is 12.0. The van der Waals surface area contributed by atoms with E-state index in [1.54, 1.807) is 18.2 Å². The number of carbonyl (C=O) groups excluding carboxylic acids is 2. The fraction of sp³-hybridized carbons (Fsp3) is 0.571. The van der Waals surface area contributed by atoms with E-state index in [4.69, 9.17) is 11.5 Å². The molecule has 1 amide bonds. The number of primary amides is 1. The zero-order valence-electron chi connectivity index (χ0n) is 16.9. The molecule has 1 fully saturated rings. The summed E-state index contributed by atoms with van der Waals surface area (Å²) in [6.07, 6.45) is 2.90. The number of fused-ring (bicyclic) bond motifs is 1. The maximum Gasteiger partial charge on any atom is 0.336 e. The summed E-state index contributed by atoms with van der Waals surface area (Å²) in [6.45, 7) is 6.97. The predicted octanol–water partition coefficient (Wildman–Crippen LogP) is 2.21. The quantitative estimate of drug-likeness (QED) is 0.820. The summed E-state index contributed by atoms with van der Waals surface area (Å²) in [5.74, 6) is 0.175. The van der Waals surface area contributed by atoms with E-state index in [0.29, 0.717) is 28.4 Å². The molecule has 1 saturated carbocycles. The van der Waals surface area contributed by atoms with Crippen molar-refractivity contribution in [2.75, 3.05) is 6.54 Å². The highest BCUT2D eigenvalue weighted by Crippen LogP contribution is 2.39. The van der Waals surface area contributed by atoms with Crippen molar-refractivity contribution in [2.24, 2.45) is 35.1 Å². The third-order valence-electron chi connectivity index (χ3n) is 6.13. The number of hydrogen-bond acceptors (Lipinski definition) is 4. The van der Waals surface area contributed by atoms with Gasteiger partial charge in [0.05, 0.1) is 11.0 Å². The molecule has 0 aliphatic heterocycles. The van der Waals surface area contributed by atoms with Crippen molar-refractivity contribution >= 4 is 22.8 Å². The van der Waals surface area contributed by atoms with Crippen molar-refractivity contribution in [1.82, 2.24) is 9.13 Å². The monoisotopic (exact) mass is 386 g/mol. The lowest BCUT2D eigenvalue weighted by Crippen LogP contribution is -2.40. The average molecular weight is 386 g/mol. The van der Waals surface area contributed by atoms with Crippen LogP contribution in [0.2, 0.25) is 0 Å². The van der Waals surface area contributed by atoms with Gasteiger partial charge in [0.25, 0.3) is 0 Å². The van der Waals surface area contributed by atoms with Crippen LogP contribution in [0.1, 0.15) is 55.2 Å². The minimum Gasteiger partial charge on any atom is -0.366 e. The first-order valence-corrected chi connectivity index (χ1v) is 10.1. The van der Waals surface area contributed by atoms with E-state index in [0.717, 1.165) is 19.3 Å². The molecule has 3 atom stereocenters. The molecule has 7 heteroatoms.